The van der Waals surface area contributed by atoms with E-state index in [4.69, 9.17) is 11.6 Å². The van der Waals surface area contributed by atoms with Gasteiger partial charge in [-0.25, -0.2) is 0 Å². The summed E-state index contributed by atoms with van der Waals surface area (Å²) in [6.45, 7) is 6.04. The van der Waals surface area contributed by atoms with Crippen LogP contribution in [0.15, 0.2) is 5.38 Å². The van der Waals surface area contributed by atoms with Gasteiger partial charge < -0.3 is 5.32 Å². The summed E-state index contributed by atoms with van der Waals surface area (Å²) < 4.78 is 0. The van der Waals surface area contributed by atoms with Crippen LogP contribution in [0, 0.1) is 6.92 Å². The van der Waals surface area contributed by atoms with E-state index < -0.39 is 0 Å². The second kappa shape index (κ2) is 6.21. The molecule has 1 rings (SSSR count). The van der Waals surface area contributed by atoms with Crippen molar-refractivity contribution in [3.8, 4) is 0 Å². The SMILES string of the molecule is CCC(C)(CCBr)NC(=O)c1scc(C)c1Cl. The molecule has 0 aliphatic heterocycles. The lowest BCUT2D eigenvalue weighted by atomic mass is 9.95. The van der Waals surface area contributed by atoms with E-state index in [0.717, 1.165) is 23.7 Å². The first-order valence-electron chi connectivity index (χ1n) is 5.55. The Morgan fingerprint density at radius 1 is 1.65 bits per heavy atom. The molecular weight excluding hydrogens is 322 g/mol. The highest BCUT2D eigenvalue weighted by atomic mass is 79.9. The van der Waals surface area contributed by atoms with Crippen LogP contribution in [0.25, 0.3) is 0 Å². The van der Waals surface area contributed by atoms with Gasteiger partial charge >= 0.3 is 0 Å². The molecule has 0 spiro atoms. The molecule has 0 saturated carbocycles. The smallest absolute Gasteiger partial charge is 0.263 e. The minimum atomic E-state index is -0.179. The lowest BCUT2D eigenvalue weighted by molar-refractivity contribution is 0.0906. The number of hydrogen-bond donors (Lipinski definition) is 1. The normalized spacial score (nSPS) is 14.4. The van der Waals surface area contributed by atoms with Crippen LogP contribution >= 0.6 is 38.9 Å². The van der Waals surface area contributed by atoms with Crippen molar-refractivity contribution >= 4 is 44.8 Å². The zero-order valence-corrected chi connectivity index (χ0v) is 13.4. The first-order valence-corrected chi connectivity index (χ1v) is 7.93. The van der Waals surface area contributed by atoms with Gasteiger partial charge in [0.05, 0.1) is 5.02 Å². The van der Waals surface area contributed by atoms with Crippen LogP contribution < -0.4 is 5.32 Å². The van der Waals surface area contributed by atoms with Gasteiger partial charge in [-0.1, -0.05) is 34.5 Å². The Labute approximate surface area is 120 Å². The van der Waals surface area contributed by atoms with E-state index in [1.807, 2.05) is 12.3 Å². The molecule has 2 nitrogen and oxygen atoms in total. The molecule has 1 atom stereocenters. The molecule has 1 heterocycles. The largest absolute Gasteiger partial charge is 0.346 e. The highest BCUT2D eigenvalue weighted by Gasteiger charge is 2.26. The summed E-state index contributed by atoms with van der Waals surface area (Å²) >= 11 is 10.9. The first-order chi connectivity index (χ1) is 7.93. The fraction of sp³-hybridized carbons (Fsp3) is 0.583. The van der Waals surface area contributed by atoms with Crippen LogP contribution in [0.1, 0.15) is 41.9 Å². The molecule has 1 aromatic rings. The Kier molecular flexibility index (Phi) is 5.48. The van der Waals surface area contributed by atoms with Crippen LogP contribution in [0.4, 0.5) is 0 Å². The van der Waals surface area contributed by atoms with Gasteiger partial charge in [0.25, 0.3) is 5.91 Å². The molecule has 0 bridgehead atoms. The summed E-state index contributed by atoms with van der Waals surface area (Å²) in [5, 5.41) is 6.42. The van der Waals surface area contributed by atoms with Crippen molar-refractivity contribution in [1.29, 1.82) is 0 Å². The van der Waals surface area contributed by atoms with Gasteiger partial charge in [0.1, 0.15) is 4.88 Å². The number of thiophene rings is 1. The Balaban J connectivity index is 2.81. The maximum atomic E-state index is 12.1. The second-order valence-corrected chi connectivity index (χ2v) is 6.42. The van der Waals surface area contributed by atoms with Gasteiger partial charge in [-0.15, -0.1) is 11.3 Å². The van der Waals surface area contributed by atoms with Crippen LogP contribution in [0.3, 0.4) is 0 Å². The third-order valence-electron chi connectivity index (χ3n) is 2.95. The molecule has 0 radical (unpaired) electrons. The third kappa shape index (κ3) is 3.70. The van der Waals surface area contributed by atoms with Crippen LogP contribution in [-0.2, 0) is 0 Å². The Morgan fingerprint density at radius 2 is 2.29 bits per heavy atom. The van der Waals surface area contributed by atoms with Crippen LogP contribution in [0.5, 0.6) is 0 Å². The molecule has 1 amide bonds. The number of alkyl halides is 1. The molecule has 5 heteroatoms. The van der Waals surface area contributed by atoms with Gasteiger partial charge in [-0.2, -0.15) is 0 Å². The highest BCUT2D eigenvalue weighted by molar-refractivity contribution is 9.09. The van der Waals surface area contributed by atoms with Crippen molar-refractivity contribution in [1.82, 2.24) is 5.32 Å². The van der Waals surface area contributed by atoms with E-state index in [0.29, 0.717) is 9.90 Å². The number of carbonyl (C=O) groups is 1. The van der Waals surface area contributed by atoms with Crippen LogP contribution in [-0.4, -0.2) is 16.8 Å². The van der Waals surface area contributed by atoms with Gasteiger partial charge in [-0.05, 0) is 37.6 Å². The first kappa shape index (κ1) is 15.0. The molecule has 1 N–H and O–H groups in total. The van der Waals surface area contributed by atoms with E-state index in [1.54, 1.807) is 0 Å². The average molecular weight is 339 g/mol. The molecule has 0 fully saturated rings. The van der Waals surface area contributed by atoms with Crippen molar-refractivity contribution in [2.24, 2.45) is 0 Å². The van der Waals surface area contributed by atoms with Gasteiger partial charge in [0.2, 0.25) is 0 Å². The quantitative estimate of drug-likeness (QED) is 0.792. The number of halogens is 2. The molecule has 1 aromatic heterocycles. The average Bonchev–Trinajstić information content (AvgIpc) is 2.60. The summed E-state index contributed by atoms with van der Waals surface area (Å²) in [6.07, 6.45) is 1.80. The van der Waals surface area contributed by atoms with E-state index >= 15 is 0 Å². The molecule has 0 aliphatic carbocycles. The Bertz CT molecular complexity index is 407. The maximum absolute atomic E-state index is 12.1. The predicted molar refractivity (Wildman–Crippen MR) is 78.6 cm³/mol. The van der Waals surface area contributed by atoms with Gasteiger partial charge in [-0.3, -0.25) is 4.79 Å². The van der Waals surface area contributed by atoms with Gasteiger partial charge in [0, 0.05) is 10.9 Å². The van der Waals surface area contributed by atoms with Crippen LogP contribution in [0.2, 0.25) is 5.02 Å². The maximum Gasteiger partial charge on any atom is 0.263 e. The van der Waals surface area contributed by atoms with E-state index in [2.05, 4.69) is 35.1 Å². The molecule has 0 aromatic carbocycles. The van der Waals surface area contributed by atoms with Crippen molar-refractivity contribution in [3.63, 3.8) is 0 Å². The number of rotatable bonds is 5. The lowest BCUT2D eigenvalue weighted by Gasteiger charge is -2.28. The zero-order valence-electron chi connectivity index (χ0n) is 10.3. The molecule has 0 aliphatic rings. The van der Waals surface area contributed by atoms with E-state index in [-0.39, 0.29) is 11.4 Å². The Morgan fingerprint density at radius 3 is 2.71 bits per heavy atom. The summed E-state index contributed by atoms with van der Waals surface area (Å²) in [5.41, 5.74) is 0.780. The Hall–Kier alpha value is -0.0600. The molecule has 0 saturated heterocycles. The number of amides is 1. The topological polar surface area (TPSA) is 29.1 Å². The zero-order chi connectivity index (χ0) is 13.1. The minimum Gasteiger partial charge on any atom is -0.346 e. The molecular formula is C12H17BrClNOS. The number of aryl methyl sites for hydroxylation is 1. The highest BCUT2D eigenvalue weighted by Crippen LogP contribution is 2.28. The molecule has 17 heavy (non-hydrogen) atoms. The summed E-state index contributed by atoms with van der Waals surface area (Å²) in [5.74, 6) is -0.0709. The lowest BCUT2D eigenvalue weighted by Crippen LogP contribution is -2.45. The summed E-state index contributed by atoms with van der Waals surface area (Å²) in [6, 6.07) is 0. The predicted octanol–water partition coefficient (Wildman–Crippen LogP) is 4.39. The fourth-order valence-corrected chi connectivity index (χ4v) is 3.50. The number of nitrogens with one attached hydrogen (secondary N) is 1. The molecule has 1 unspecified atom stereocenters. The summed E-state index contributed by atoms with van der Waals surface area (Å²) in [4.78, 5) is 12.7. The number of carbonyl (C=O) groups excluding carboxylic acids is 1. The van der Waals surface area contributed by atoms with E-state index in [1.165, 1.54) is 11.3 Å². The summed E-state index contributed by atoms with van der Waals surface area (Å²) in [7, 11) is 0. The standard InChI is InChI=1S/C12H17BrClNOS/c1-4-12(3,5-6-13)15-11(16)10-9(14)8(2)7-17-10/h7H,4-6H2,1-3H3,(H,15,16). The van der Waals surface area contributed by atoms with E-state index in [9.17, 15) is 4.79 Å². The fourth-order valence-electron chi connectivity index (χ4n) is 1.45. The monoisotopic (exact) mass is 337 g/mol. The van der Waals surface area contributed by atoms with Crippen molar-refractivity contribution in [3.05, 3.63) is 20.8 Å². The van der Waals surface area contributed by atoms with Crippen molar-refractivity contribution in [2.45, 2.75) is 39.2 Å². The molecule has 96 valence electrons. The second-order valence-electron chi connectivity index (χ2n) is 4.37. The minimum absolute atomic E-state index is 0.0709. The van der Waals surface area contributed by atoms with Gasteiger partial charge in [0.15, 0.2) is 0 Å². The van der Waals surface area contributed by atoms with Crippen molar-refractivity contribution in [2.75, 3.05) is 5.33 Å². The van der Waals surface area contributed by atoms with Crippen molar-refractivity contribution < 1.29 is 4.79 Å². The third-order valence-corrected chi connectivity index (χ3v) is 5.04. The number of hydrogen-bond acceptors (Lipinski definition) is 2.